The number of nitrogens with zero attached hydrogens (tertiary/aromatic N) is 7. The minimum atomic E-state index is -4.62. The summed E-state index contributed by atoms with van der Waals surface area (Å²) in [4.78, 5) is 27.5. The molecule has 0 spiro atoms. The number of hydrogen-bond donors (Lipinski definition) is 1. The first-order chi connectivity index (χ1) is 18.2. The average molecular weight is 520 g/mol. The highest BCUT2D eigenvalue weighted by atomic mass is 19.4. The number of amides is 1. The third kappa shape index (κ3) is 3.95. The number of pyridine rings is 1. The maximum atomic E-state index is 15.1. The molecule has 2 N–H and O–H groups in total. The average Bonchev–Trinajstić information content (AvgIpc) is 3.53. The van der Waals surface area contributed by atoms with Gasteiger partial charge in [-0.15, -0.1) is 18.9 Å². The summed E-state index contributed by atoms with van der Waals surface area (Å²) in [6, 6.07) is 5.71. The number of anilines is 1. The molecule has 190 valence electrons. The van der Waals surface area contributed by atoms with Crippen LogP contribution in [0.2, 0.25) is 0 Å². The van der Waals surface area contributed by atoms with Crippen LogP contribution in [-0.2, 0) is 12.8 Å². The molecule has 0 aliphatic heterocycles. The van der Waals surface area contributed by atoms with Crippen LogP contribution in [0.25, 0.3) is 27.7 Å². The van der Waals surface area contributed by atoms with Crippen LogP contribution in [0.5, 0.6) is 0 Å². The molecule has 0 atom stereocenters. The number of nitrogen functional groups attached to an aromatic ring is 1. The van der Waals surface area contributed by atoms with Crippen molar-refractivity contribution in [3.8, 4) is 11.1 Å². The highest BCUT2D eigenvalue weighted by Gasteiger charge is 2.31. The summed E-state index contributed by atoms with van der Waals surface area (Å²) in [6.45, 7) is -0.00491. The molecule has 4 heterocycles. The number of imidazole rings is 1. The van der Waals surface area contributed by atoms with Crippen molar-refractivity contribution in [3.05, 3.63) is 90.0 Å². The number of carbonyl (C=O) groups excluding carboxylic acids is 1. The van der Waals surface area contributed by atoms with Crippen molar-refractivity contribution in [2.24, 2.45) is 0 Å². The fourth-order valence-electron chi connectivity index (χ4n) is 4.14. The number of nitrogens with two attached hydrogens (primary N) is 1. The third-order valence-corrected chi connectivity index (χ3v) is 6.15. The van der Waals surface area contributed by atoms with Crippen LogP contribution in [0.3, 0.4) is 0 Å². The van der Waals surface area contributed by atoms with E-state index in [1.807, 2.05) is 0 Å². The van der Waals surface area contributed by atoms with Gasteiger partial charge in [0.25, 0.3) is 5.91 Å². The molecule has 0 unspecified atom stereocenters. The van der Waals surface area contributed by atoms with Gasteiger partial charge >= 0.3 is 6.30 Å². The van der Waals surface area contributed by atoms with Crippen molar-refractivity contribution in [2.45, 2.75) is 19.3 Å². The number of fused-ring (bicyclic) bond motifs is 3. The van der Waals surface area contributed by atoms with Gasteiger partial charge in [0.2, 0.25) is 0 Å². The Morgan fingerprint density at radius 3 is 2.61 bits per heavy atom. The molecule has 0 saturated heterocycles. The molecule has 0 bridgehead atoms. The van der Waals surface area contributed by atoms with Gasteiger partial charge < -0.3 is 5.73 Å². The van der Waals surface area contributed by atoms with Crippen LogP contribution in [0, 0.1) is 5.82 Å². The number of halogens is 4. The Bertz CT molecular complexity index is 1800. The SMILES string of the molecule is Nc1nc2cc(F)c(C(=O)N(Cc3ccc(-c4cnn(C(F)(F)F)c4)cn3)C3=C=CC3)cc2n2cncc12. The molecule has 4 aromatic heterocycles. The Kier molecular flexibility index (Phi) is 5.24. The second-order valence-electron chi connectivity index (χ2n) is 8.54. The van der Waals surface area contributed by atoms with Crippen LogP contribution in [0.15, 0.2) is 72.9 Å². The molecule has 0 saturated carbocycles. The molecule has 5 aromatic rings. The van der Waals surface area contributed by atoms with Gasteiger partial charge in [-0.25, -0.2) is 14.4 Å². The molecule has 1 aromatic carbocycles. The summed E-state index contributed by atoms with van der Waals surface area (Å²) in [7, 11) is 0. The van der Waals surface area contributed by atoms with E-state index in [1.165, 1.54) is 29.7 Å². The van der Waals surface area contributed by atoms with Crippen molar-refractivity contribution in [1.29, 1.82) is 0 Å². The molecular weight excluding hydrogens is 504 g/mol. The number of rotatable bonds is 5. The maximum absolute atomic E-state index is 15.1. The van der Waals surface area contributed by atoms with Crippen molar-refractivity contribution in [3.63, 3.8) is 0 Å². The largest absolute Gasteiger partial charge is 0.504 e. The van der Waals surface area contributed by atoms with Gasteiger partial charge in [0.05, 0.1) is 53.3 Å². The van der Waals surface area contributed by atoms with Crippen LogP contribution in [-0.4, -0.2) is 39.9 Å². The molecule has 1 aliphatic rings. The van der Waals surface area contributed by atoms with E-state index in [2.05, 4.69) is 25.8 Å². The van der Waals surface area contributed by atoms with E-state index in [1.54, 1.807) is 22.6 Å². The first-order valence-electron chi connectivity index (χ1n) is 11.2. The summed E-state index contributed by atoms with van der Waals surface area (Å²) in [5.74, 6) is -1.20. The number of alkyl halides is 3. The van der Waals surface area contributed by atoms with Gasteiger partial charge in [-0.1, -0.05) is 6.07 Å². The zero-order chi connectivity index (χ0) is 26.6. The normalized spacial score (nSPS) is 13.1. The lowest BCUT2D eigenvalue weighted by molar-refractivity contribution is -0.212. The first-order valence-corrected chi connectivity index (χ1v) is 11.2. The van der Waals surface area contributed by atoms with E-state index >= 15 is 4.39 Å². The Morgan fingerprint density at radius 1 is 1.13 bits per heavy atom. The molecule has 13 heteroatoms. The summed E-state index contributed by atoms with van der Waals surface area (Å²) in [6.07, 6.45) is 3.93. The minimum Gasteiger partial charge on any atom is -0.382 e. The predicted molar refractivity (Wildman–Crippen MR) is 128 cm³/mol. The standard InChI is InChI=1S/C25H16F4N8O/c26-19-7-20-21(36-13-31-10-22(36)23(30)34-20)6-18(19)24(38)35(17-2-1-3-17)12-16-5-4-14(8-32-16)15-9-33-37(11-15)25(27,28)29/h1,4-11,13H,2,12H2,(H2,30,34). The number of aromatic nitrogens is 6. The zero-order valence-corrected chi connectivity index (χ0v) is 19.3. The van der Waals surface area contributed by atoms with E-state index in [-0.39, 0.29) is 33.7 Å². The monoisotopic (exact) mass is 520 g/mol. The summed E-state index contributed by atoms with van der Waals surface area (Å²) in [5, 5.41) is 3.33. The minimum absolute atomic E-state index is 0.00491. The fourth-order valence-corrected chi connectivity index (χ4v) is 4.14. The van der Waals surface area contributed by atoms with Gasteiger partial charge in [0, 0.05) is 36.0 Å². The lowest BCUT2D eigenvalue weighted by Crippen LogP contribution is -2.31. The Labute approximate surface area is 211 Å². The highest BCUT2D eigenvalue weighted by Crippen LogP contribution is 2.28. The van der Waals surface area contributed by atoms with Crippen LogP contribution < -0.4 is 5.73 Å². The maximum Gasteiger partial charge on any atom is 0.504 e. The van der Waals surface area contributed by atoms with E-state index in [0.717, 1.165) is 18.5 Å². The number of hydrogen-bond acceptors (Lipinski definition) is 6. The smallest absolute Gasteiger partial charge is 0.382 e. The highest BCUT2D eigenvalue weighted by molar-refractivity contribution is 5.99. The topological polar surface area (TPSA) is 107 Å². The van der Waals surface area contributed by atoms with Crippen molar-refractivity contribution in [2.75, 3.05) is 5.73 Å². The van der Waals surface area contributed by atoms with Crippen LogP contribution in [0.1, 0.15) is 22.5 Å². The number of benzene rings is 1. The van der Waals surface area contributed by atoms with E-state index < -0.39 is 18.0 Å². The summed E-state index contributed by atoms with van der Waals surface area (Å²) < 4.78 is 55.2. The molecule has 0 radical (unpaired) electrons. The molecule has 38 heavy (non-hydrogen) atoms. The molecule has 1 amide bonds. The predicted octanol–water partition coefficient (Wildman–Crippen LogP) is 4.42. The van der Waals surface area contributed by atoms with E-state index in [4.69, 9.17) is 5.73 Å². The molecule has 0 fully saturated rings. The first kappa shape index (κ1) is 23.4. The molecular formula is C25H16F4N8O. The summed E-state index contributed by atoms with van der Waals surface area (Å²) in [5.41, 5.74) is 11.6. The van der Waals surface area contributed by atoms with E-state index in [0.29, 0.717) is 34.4 Å². The van der Waals surface area contributed by atoms with Crippen molar-refractivity contribution < 1.29 is 22.4 Å². The zero-order valence-electron chi connectivity index (χ0n) is 19.3. The summed E-state index contributed by atoms with van der Waals surface area (Å²) >= 11 is 0. The Balaban J connectivity index is 1.32. The van der Waals surface area contributed by atoms with E-state index in [9.17, 15) is 18.0 Å². The molecule has 1 aliphatic carbocycles. The lowest BCUT2D eigenvalue weighted by Gasteiger charge is -2.26. The fraction of sp³-hybridized carbons (Fsp3) is 0.120. The second kappa shape index (κ2) is 8.53. The lowest BCUT2D eigenvalue weighted by atomic mass is 10.1. The Hall–Kier alpha value is -5.03. The van der Waals surface area contributed by atoms with Gasteiger partial charge in [-0.2, -0.15) is 9.78 Å². The van der Waals surface area contributed by atoms with Gasteiger partial charge in [0.15, 0.2) is 0 Å². The van der Waals surface area contributed by atoms with Crippen molar-refractivity contribution in [1.82, 2.24) is 34.0 Å². The molecule has 6 rings (SSSR count). The van der Waals surface area contributed by atoms with Gasteiger partial charge in [0.1, 0.15) is 17.2 Å². The van der Waals surface area contributed by atoms with Crippen LogP contribution in [0.4, 0.5) is 23.4 Å². The number of carbonyl (C=O) groups is 1. The Morgan fingerprint density at radius 2 is 1.95 bits per heavy atom. The second-order valence-corrected chi connectivity index (χ2v) is 8.54. The third-order valence-electron chi connectivity index (χ3n) is 6.15. The van der Waals surface area contributed by atoms with Gasteiger partial charge in [-0.3, -0.25) is 19.1 Å². The van der Waals surface area contributed by atoms with Crippen LogP contribution >= 0.6 is 0 Å². The van der Waals surface area contributed by atoms with Gasteiger partial charge in [-0.05, 0) is 18.2 Å². The molecule has 9 nitrogen and oxygen atoms in total. The quantitative estimate of drug-likeness (QED) is 0.272. The van der Waals surface area contributed by atoms with Crippen molar-refractivity contribution >= 4 is 28.3 Å².